The van der Waals surface area contributed by atoms with Crippen molar-refractivity contribution >= 4 is 5.97 Å². The van der Waals surface area contributed by atoms with Gasteiger partial charge in [-0.05, 0) is 49.4 Å². The van der Waals surface area contributed by atoms with E-state index >= 15 is 0 Å². The van der Waals surface area contributed by atoms with Gasteiger partial charge in [-0.25, -0.2) is 0 Å². The number of carbonyl (C=O) groups excluding carboxylic acids is 1. The molecule has 0 aromatic carbocycles. The zero-order chi connectivity index (χ0) is 11.5. The first-order valence-corrected chi connectivity index (χ1v) is 6.88. The van der Waals surface area contributed by atoms with Crippen LogP contribution in [0, 0.1) is 23.7 Å². The van der Waals surface area contributed by atoms with Crippen molar-refractivity contribution in [1.82, 2.24) is 0 Å². The summed E-state index contributed by atoms with van der Waals surface area (Å²) in [6.45, 7) is 4.90. The van der Waals surface area contributed by atoms with Gasteiger partial charge in [0.05, 0.1) is 6.61 Å². The van der Waals surface area contributed by atoms with Gasteiger partial charge in [0.1, 0.15) is 0 Å². The van der Waals surface area contributed by atoms with E-state index in [1.54, 1.807) is 0 Å². The first kappa shape index (κ1) is 11.9. The molecule has 0 spiro atoms. The molecule has 92 valence electrons. The van der Waals surface area contributed by atoms with Gasteiger partial charge >= 0.3 is 5.97 Å². The first-order chi connectivity index (χ1) is 7.72. The second-order valence-corrected chi connectivity index (χ2v) is 5.59. The van der Waals surface area contributed by atoms with Crippen molar-refractivity contribution in [1.29, 1.82) is 0 Å². The standard InChI is InChI=1S/C14H24O2/c1-3-14(15)16-8-7-11-9-10(2)12-5-4-6-13(11)12/h10-13H,3-9H2,1-2H3. The summed E-state index contributed by atoms with van der Waals surface area (Å²) >= 11 is 0. The second-order valence-electron chi connectivity index (χ2n) is 5.59. The van der Waals surface area contributed by atoms with Crippen LogP contribution in [0.5, 0.6) is 0 Å². The van der Waals surface area contributed by atoms with Gasteiger partial charge in [0.25, 0.3) is 0 Å². The van der Waals surface area contributed by atoms with Crippen LogP contribution in [0.25, 0.3) is 0 Å². The number of ether oxygens (including phenoxy) is 1. The fourth-order valence-corrected chi connectivity index (χ4v) is 3.89. The van der Waals surface area contributed by atoms with E-state index in [2.05, 4.69) is 6.92 Å². The lowest BCUT2D eigenvalue weighted by Crippen LogP contribution is -2.13. The first-order valence-electron chi connectivity index (χ1n) is 6.88. The molecule has 0 aromatic rings. The molecule has 4 unspecified atom stereocenters. The van der Waals surface area contributed by atoms with Crippen molar-refractivity contribution in [2.45, 2.75) is 52.4 Å². The normalized spacial score (nSPS) is 37.4. The highest BCUT2D eigenvalue weighted by atomic mass is 16.5. The van der Waals surface area contributed by atoms with Crippen molar-refractivity contribution in [2.75, 3.05) is 6.61 Å². The van der Waals surface area contributed by atoms with Crippen molar-refractivity contribution in [3.63, 3.8) is 0 Å². The van der Waals surface area contributed by atoms with Crippen LogP contribution in [0.3, 0.4) is 0 Å². The maximum Gasteiger partial charge on any atom is 0.305 e. The summed E-state index contributed by atoms with van der Waals surface area (Å²) in [5, 5.41) is 0. The van der Waals surface area contributed by atoms with Crippen LogP contribution in [0.15, 0.2) is 0 Å². The molecule has 0 aromatic heterocycles. The Kier molecular flexibility index (Phi) is 3.88. The van der Waals surface area contributed by atoms with E-state index < -0.39 is 0 Å². The molecule has 0 aliphatic heterocycles. The smallest absolute Gasteiger partial charge is 0.305 e. The Morgan fingerprint density at radius 2 is 2.06 bits per heavy atom. The van der Waals surface area contributed by atoms with Gasteiger partial charge in [-0.3, -0.25) is 4.79 Å². The average Bonchev–Trinajstić information content (AvgIpc) is 2.84. The van der Waals surface area contributed by atoms with Gasteiger partial charge in [0, 0.05) is 6.42 Å². The van der Waals surface area contributed by atoms with Crippen molar-refractivity contribution in [3.05, 3.63) is 0 Å². The minimum absolute atomic E-state index is 0.0472. The summed E-state index contributed by atoms with van der Waals surface area (Å²) in [6, 6.07) is 0. The van der Waals surface area contributed by atoms with Gasteiger partial charge in [-0.15, -0.1) is 0 Å². The van der Waals surface area contributed by atoms with E-state index in [0.29, 0.717) is 13.0 Å². The third kappa shape index (κ3) is 2.41. The number of rotatable bonds is 4. The van der Waals surface area contributed by atoms with Crippen LogP contribution < -0.4 is 0 Å². The summed E-state index contributed by atoms with van der Waals surface area (Å²) in [5.41, 5.74) is 0. The van der Waals surface area contributed by atoms with Gasteiger partial charge in [0.2, 0.25) is 0 Å². The zero-order valence-electron chi connectivity index (χ0n) is 10.6. The molecule has 0 radical (unpaired) electrons. The predicted octanol–water partition coefficient (Wildman–Crippen LogP) is 3.40. The third-order valence-corrected chi connectivity index (χ3v) is 4.68. The number of esters is 1. The molecule has 2 aliphatic carbocycles. The second kappa shape index (κ2) is 5.20. The largest absolute Gasteiger partial charge is 0.466 e. The van der Waals surface area contributed by atoms with Crippen LogP contribution in [0.4, 0.5) is 0 Å². The monoisotopic (exact) mass is 224 g/mol. The van der Waals surface area contributed by atoms with E-state index in [-0.39, 0.29) is 5.97 Å². The maximum atomic E-state index is 11.1. The summed E-state index contributed by atoms with van der Waals surface area (Å²) in [5.74, 6) is 3.60. The molecule has 2 rings (SSSR count). The number of carbonyl (C=O) groups is 1. The number of hydrogen-bond donors (Lipinski definition) is 0. The van der Waals surface area contributed by atoms with E-state index in [9.17, 15) is 4.79 Å². The molecule has 4 atom stereocenters. The Labute approximate surface area is 98.7 Å². The quantitative estimate of drug-likeness (QED) is 0.684. The fourth-order valence-electron chi connectivity index (χ4n) is 3.89. The van der Waals surface area contributed by atoms with E-state index in [1.807, 2.05) is 6.92 Å². The Bertz CT molecular complexity index is 249. The van der Waals surface area contributed by atoms with E-state index in [4.69, 9.17) is 4.74 Å². The van der Waals surface area contributed by atoms with Crippen molar-refractivity contribution < 1.29 is 9.53 Å². The molecule has 0 heterocycles. The molecule has 2 nitrogen and oxygen atoms in total. The van der Waals surface area contributed by atoms with Gasteiger partial charge in [-0.2, -0.15) is 0 Å². The Morgan fingerprint density at radius 3 is 2.81 bits per heavy atom. The summed E-state index contributed by atoms with van der Waals surface area (Å²) < 4.78 is 5.20. The molecule has 2 heteroatoms. The van der Waals surface area contributed by atoms with Crippen LogP contribution in [0.2, 0.25) is 0 Å². The minimum Gasteiger partial charge on any atom is -0.466 e. The van der Waals surface area contributed by atoms with Crippen LogP contribution in [-0.4, -0.2) is 12.6 Å². The lowest BCUT2D eigenvalue weighted by Gasteiger charge is -2.18. The number of fused-ring (bicyclic) bond motifs is 1. The lowest BCUT2D eigenvalue weighted by molar-refractivity contribution is -0.143. The van der Waals surface area contributed by atoms with Gasteiger partial charge in [-0.1, -0.05) is 20.3 Å². The Hall–Kier alpha value is -0.530. The molecule has 16 heavy (non-hydrogen) atoms. The molecule has 0 saturated heterocycles. The Balaban J connectivity index is 1.76. The lowest BCUT2D eigenvalue weighted by atomic mass is 9.89. The molecule has 0 amide bonds. The molecular weight excluding hydrogens is 200 g/mol. The third-order valence-electron chi connectivity index (χ3n) is 4.68. The molecular formula is C14H24O2. The highest BCUT2D eigenvalue weighted by Gasteiger charge is 2.42. The summed E-state index contributed by atoms with van der Waals surface area (Å²) in [7, 11) is 0. The van der Waals surface area contributed by atoms with Crippen molar-refractivity contribution in [2.24, 2.45) is 23.7 Å². The van der Waals surface area contributed by atoms with Crippen LogP contribution >= 0.6 is 0 Å². The molecule has 2 saturated carbocycles. The van der Waals surface area contributed by atoms with E-state index in [1.165, 1.54) is 25.7 Å². The predicted molar refractivity (Wildman–Crippen MR) is 64.0 cm³/mol. The van der Waals surface area contributed by atoms with Crippen LogP contribution in [-0.2, 0) is 9.53 Å². The van der Waals surface area contributed by atoms with Crippen LogP contribution in [0.1, 0.15) is 52.4 Å². The van der Waals surface area contributed by atoms with E-state index in [0.717, 1.165) is 30.1 Å². The minimum atomic E-state index is -0.0472. The molecule has 2 fully saturated rings. The highest BCUT2D eigenvalue weighted by molar-refractivity contribution is 5.68. The molecule has 0 N–H and O–H groups in total. The summed E-state index contributed by atoms with van der Waals surface area (Å²) in [6.07, 6.45) is 7.24. The highest BCUT2D eigenvalue weighted by Crippen LogP contribution is 2.51. The fraction of sp³-hybridized carbons (Fsp3) is 0.929. The Morgan fingerprint density at radius 1 is 1.31 bits per heavy atom. The SMILES string of the molecule is CCC(=O)OCCC1CC(C)C2CCCC12. The van der Waals surface area contributed by atoms with Gasteiger partial charge < -0.3 is 4.74 Å². The topological polar surface area (TPSA) is 26.3 Å². The number of hydrogen-bond acceptors (Lipinski definition) is 2. The summed E-state index contributed by atoms with van der Waals surface area (Å²) in [4.78, 5) is 11.1. The molecule has 2 aliphatic rings. The maximum absolute atomic E-state index is 11.1. The molecule has 0 bridgehead atoms. The average molecular weight is 224 g/mol. The van der Waals surface area contributed by atoms with Crippen molar-refractivity contribution in [3.8, 4) is 0 Å². The van der Waals surface area contributed by atoms with Gasteiger partial charge in [0.15, 0.2) is 0 Å². The zero-order valence-corrected chi connectivity index (χ0v) is 10.6.